The maximum absolute atomic E-state index is 8.83. The minimum absolute atomic E-state index is 0.318. The summed E-state index contributed by atoms with van der Waals surface area (Å²) < 4.78 is 1.82. The maximum Gasteiger partial charge on any atom is 0.0764 e. The summed E-state index contributed by atoms with van der Waals surface area (Å²) in [7, 11) is 1.93. The van der Waals surface area contributed by atoms with E-state index in [0.29, 0.717) is 12.5 Å². The van der Waals surface area contributed by atoms with Gasteiger partial charge in [-0.05, 0) is 6.07 Å². The SMILES string of the molecule is Cn1ccc(CN2CC(CO)C2)n1. The Labute approximate surface area is 77.8 Å². The van der Waals surface area contributed by atoms with Gasteiger partial charge in [0.1, 0.15) is 0 Å². The number of hydrogen-bond donors (Lipinski definition) is 1. The molecule has 0 spiro atoms. The number of aryl methyl sites for hydroxylation is 1. The van der Waals surface area contributed by atoms with Crippen LogP contribution in [0.25, 0.3) is 0 Å². The van der Waals surface area contributed by atoms with Gasteiger partial charge in [0.2, 0.25) is 0 Å². The lowest BCUT2D eigenvalue weighted by Gasteiger charge is -2.37. The zero-order valence-electron chi connectivity index (χ0n) is 7.85. The standard InChI is InChI=1S/C9H15N3O/c1-11-3-2-9(10-11)6-12-4-8(5-12)7-13/h2-3,8,13H,4-7H2,1H3. The third kappa shape index (κ3) is 1.89. The van der Waals surface area contributed by atoms with E-state index >= 15 is 0 Å². The molecule has 1 aliphatic rings. The van der Waals surface area contributed by atoms with E-state index < -0.39 is 0 Å². The van der Waals surface area contributed by atoms with Crippen LogP contribution in [0.1, 0.15) is 5.69 Å². The lowest BCUT2D eigenvalue weighted by molar-refractivity contribution is 0.0469. The van der Waals surface area contributed by atoms with Crippen molar-refractivity contribution in [1.29, 1.82) is 0 Å². The number of aromatic nitrogens is 2. The van der Waals surface area contributed by atoms with Crippen molar-refractivity contribution in [3.63, 3.8) is 0 Å². The molecule has 1 aromatic heterocycles. The van der Waals surface area contributed by atoms with Crippen molar-refractivity contribution in [2.24, 2.45) is 13.0 Å². The van der Waals surface area contributed by atoms with Gasteiger partial charge < -0.3 is 5.11 Å². The molecule has 2 rings (SSSR count). The van der Waals surface area contributed by atoms with E-state index in [1.54, 1.807) is 0 Å². The summed E-state index contributed by atoms with van der Waals surface area (Å²) in [5, 5.41) is 13.1. The van der Waals surface area contributed by atoms with Crippen LogP contribution in [-0.2, 0) is 13.6 Å². The zero-order chi connectivity index (χ0) is 9.26. The van der Waals surface area contributed by atoms with Gasteiger partial charge in [0, 0.05) is 45.4 Å². The molecule has 13 heavy (non-hydrogen) atoms. The maximum atomic E-state index is 8.83. The zero-order valence-corrected chi connectivity index (χ0v) is 7.85. The Hall–Kier alpha value is -0.870. The lowest BCUT2D eigenvalue weighted by Crippen LogP contribution is -2.47. The number of rotatable bonds is 3. The molecule has 2 heterocycles. The molecular formula is C9H15N3O. The van der Waals surface area contributed by atoms with Crippen LogP contribution >= 0.6 is 0 Å². The van der Waals surface area contributed by atoms with E-state index in [1.165, 1.54) is 0 Å². The average molecular weight is 181 g/mol. The number of hydrogen-bond acceptors (Lipinski definition) is 3. The number of aliphatic hydroxyl groups excluding tert-OH is 1. The Morgan fingerprint density at radius 3 is 2.92 bits per heavy atom. The number of aliphatic hydroxyl groups is 1. The molecule has 4 heteroatoms. The second-order valence-electron chi connectivity index (χ2n) is 3.72. The molecule has 0 atom stereocenters. The minimum atomic E-state index is 0.318. The normalized spacial score (nSPS) is 18.9. The highest BCUT2D eigenvalue weighted by atomic mass is 16.3. The minimum Gasteiger partial charge on any atom is -0.396 e. The Bertz CT molecular complexity index is 278. The topological polar surface area (TPSA) is 41.3 Å². The van der Waals surface area contributed by atoms with Crippen molar-refractivity contribution in [1.82, 2.24) is 14.7 Å². The summed E-state index contributed by atoms with van der Waals surface area (Å²) in [4.78, 5) is 2.29. The van der Waals surface area contributed by atoms with Crippen LogP contribution in [0.4, 0.5) is 0 Å². The first kappa shape index (κ1) is 8.72. The van der Waals surface area contributed by atoms with E-state index in [1.807, 2.05) is 24.0 Å². The monoisotopic (exact) mass is 181 g/mol. The molecule has 0 radical (unpaired) electrons. The number of nitrogens with zero attached hydrogens (tertiary/aromatic N) is 3. The van der Waals surface area contributed by atoms with Crippen LogP contribution in [0, 0.1) is 5.92 Å². The van der Waals surface area contributed by atoms with E-state index in [2.05, 4.69) is 10.00 Å². The summed E-state index contributed by atoms with van der Waals surface area (Å²) in [5.74, 6) is 0.490. The van der Waals surface area contributed by atoms with Crippen LogP contribution in [-0.4, -0.2) is 39.5 Å². The van der Waals surface area contributed by atoms with Crippen LogP contribution in [0.3, 0.4) is 0 Å². The first-order valence-corrected chi connectivity index (χ1v) is 4.59. The highest BCUT2D eigenvalue weighted by Crippen LogP contribution is 2.16. The van der Waals surface area contributed by atoms with Crippen LogP contribution in [0.15, 0.2) is 12.3 Å². The predicted molar refractivity (Wildman–Crippen MR) is 49.1 cm³/mol. The average Bonchev–Trinajstić information content (AvgIpc) is 2.43. The fraction of sp³-hybridized carbons (Fsp3) is 0.667. The van der Waals surface area contributed by atoms with Gasteiger partial charge in [0.05, 0.1) is 5.69 Å². The van der Waals surface area contributed by atoms with Gasteiger partial charge >= 0.3 is 0 Å². The molecule has 0 amide bonds. The predicted octanol–water partition coefficient (Wildman–Crippen LogP) is -0.156. The molecule has 0 saturated carbocycles. The van der Waals surface area contributed by atoms with Gasteiger partial charge in [0.25, 0.3) is 0 Å². The molecule has 0 bridgehead atoms. The highest BCUT2D eigenvalue weighted by Gasteiger charge is 2.25. The molecular weight excluding hydrogens is 166 g/mol. The Kier molecular flexibility index (Phi) is 2.33. The largest absolute Gasteiger partial charge is 0.396 e. The van der Waals surface area contributed by atoms with E-state index in [-0.39, 0.29) is 0 Å². The third-order valence-corrected chi connectivity index (χ3v) is 2.45. The van der Waals surface area contributed by atoms with E-state index in [4.69, 9.17) is 5.11 Å². The van der Waals surface area contributed by atoms with Crippen LogP contribution in [0.5, 0.6) is 0 Å². The van der Waals surface area contributed by atoms with E-state index in [9.17, 15) is 0 Å². The molecule has 0 aromatic carbocycles. The molecule has 1 aromatic rings. The number of likely N-dealkylation sites (tertiary alicyclic amines) is 1. The molecule has 1 aliphatic heterocycles. The Morgan fingerprint density at radius 2 is 2.38 bits per heavy atom. The summed E-state index contributed by atoms with van der Waals surface area (Å²) in [6, 6.07) is 2.03. The Morgan fingerprint density at radius 1 is 1.62 bits per heavy atom. The smallest absolute Gasteiger partial charge is 0.0764 e. The fourth-order valence-corrected chi connectivity index (χ4v) is 1.70. The summed E-state index contributed by atoms with van der Waals surface area (Å²) in [5.41, 5.74) is 1.11. The summed E-state index contributed by atoms with van der Waals surface area (Å²) >= 11 is 0. The van der Waals surface area contributed by atoms with Gasteiger partial charge in [-0.25, -0.2) is 0 Å². The van der Waals surface area contributed by atoms with Crippen molar-refractivity contribution in [3.05, 3.63) is 18.0 Å². The molecule has 4 nitrogen and oxygen atoms in total. The van der Waals surface area contributed by atoms with Crippen molar-refractivity contribution in [2.45, 2.75) is 6.54 Å². The molecule has 1 fully saturated rings. The van der Waals surface area contributed by atoms with Crippen LogP contribution in [0.2, 0.25) is 0 Å². The summed E-state index contributed by atoms with van der Waals surface area (Å²) in [6.45, 7) is 3.25. The quantitative estimate of drug-likeness (QED) is 0.704. The fourth-order valence-electron chi connectivity index (χ4n) is 1.70. The molecule has 72 valence electrons. The van der Waals surface area contributed by atoms with Crippen molar-refractivity contribution in [2.75, 3.05) is 19.7 Å². The van der Waals surface area contributed by atoms with Gasteiger partial charge in [-0.3, -0.25) is 9.58 Å². The molecule has 0 unspecified atom stereocenters. The van der Waals surface area contributed by atoms with Gasteiger partial charge in [-0.1, -0.05) is 0 Å². The Balaban J connectivity index is 1.81. The van der Waals surface area contributed by atoms with Gasteiger partial charge in [0.15, 0.2) is 0 Å². The first-order chi connectivity index (χ1) is 6.28. The van der Waals surface area contributed by atoms with Crippen LogP contribution < -0.4 is 0 Å². The lowest BCUT2D eigenvalue weighted by atomic mass is 10.0. The van der Waals surface area contributed by atoms with Crippen molar-refractivity contribution in [3.8, 4) is 0 Å². The highest BCUT2D eigenvalue weighted by molar-refractivity contribution is 4.99. The molecule has 1 N–H and O–H groups in total. The van der Waals surface area contributed by atoms with Gasteiger partial charge in [-0.15, -0.1) is 0 Å². The second-order valence-corrected chi connectivity index (χ2v) is 3.72. The third-order valence-electron chi connectivity index (χ3n) is 2.45. The second kappa shape index (κ2) is 3.47. The molecule has 1 saturated heterocycles. The first-order valence-electron chi connectivity index (χ1n) is 4.59. The molecule has 0 aliphatic carbocycles. The van der Waals surface area contributed by atoms with Crippen molar-refractivity contribution < 1.29 is 5.11 Å². The van der Waals surface area contributed by atoms with E-state index in [0.717, 1.165) is 25.3 Å². The summed E-state index contributed by atoms with van der Waals surface area (Å²) in [6.07, 6.45) is 1.96. The van der Waals surface area contributed by atoms with Gasteiger partial charge in [-0.2, -0.15) is 5.10 Å². The van der Waals surface area contributed by atoms with Crippen molar-refractivity contribution >= 4 is 0 Å².